The Balaban J connectivity index is 2.05. The second kappa shape index (κ2) is 6.95. The van der Waals surface area contributed by atoms with Crippen LogP contribution in [-0.2, 0) is 0 Å². The number of carbonyl (C=O) groups excluding carboxylic acids is 1. The van der Waals surface area contributed by atoms with Crippen LogP contribution < -0.4 is 8.92 Å². The number of benzene rings is 3. The van der Waals surface area contributed by atoms with E-state index in [1.807, 2.05) is 49.4 Å². The zero-order valence-electron chi connectivity index (χ0n) is 13.2. The van der Waals surface area contributed by atoms with E-state index in [0.29, 0.717) is 0 Å². The molecule has 0 unspecified atom stereocenters. The molecule has 0 bridgehead atoms. The minimum atomic E-state index is 0.125. The van der Waals surface area contributed by atoms with Crippen molar-refractivity contribution in [2.24, 2.45) is 0 Å². The van der Waals surface area contributed by atoms with E-state index in [4.69, 9.17) is 0 Å². The van der Waals surface area contributed by atoms with Crippen molar-refractivity contribution in [1.82, 2.24) is 0 Å². The summed E-state index contributed by atoms with van der Waals surface area (Å²) in [6.45, 7) is 4.08. The topological polar surface area (TPSA) is 17.1 Å². The Kier molecular flexibility index (Phi) is 4.76. The predicted molar refractivity (Wildman–Crippen MR) is 97.3 cm³/mol. The molecule has 0 N–H and O–H groups in total. The molecule has 0 spiro atoms. The SMILES string of the molecule is Cc1ccccc1C(=O)c1cccc(C)c1[Se]c1ccccc1. The Bertz CT molecular complexity index is 837. The molecule has 0 atom stereocenters. The fourth-order valence-corrected chi connectivity index (χ4v) is 4.70. The van der Waals surface area contributed by atoms with E-state index in [1.54, 1.807) is 0 Å². The van der Waals surface area contributed by atoms with Crippen molar-refractivity contribution < 1.29 is 4.79 Å². The maximum absolute atomic E-state index is 13.0. The number of hydrogen-bond acceptors (Lipinski definition) is 1. The van der Waals surface area contributed by atoms with Gasteiger partial charge in [0.15, 0.2) is 0 Å². The van der Waals surface area contributed by atoms with Crippen LogP contribution in [0.25, 0.3) is 0 Å². The van der Waals surface area contributed by atoms with Crippen LogP contribution in [0.1, 0.15) is 27.0 Å². The molecular formula is C21H18OSe. The van der Waals surface area contributed by atoms with Gasteiger partial charge in [-0.15, -0.1) is 0 Å². The summed E-state index contributed by atoms with van der Waals surface area (Å²) < 4.78 is 2.47. The van der Waals surface area contributed by atoms with Gasteiger partial charge in [-0.25, -0.2) is 0 Å². The first-order valence-electron chi connectivity index (χ1n) is 7.59. The van der Waals surface area contributed by atoms with Gasteiger partial charge in [-0.05, 0) is 0 Å². The van der Waals surface area contributed by atoms with Crippen molar-refractivity contribution in [2.45, 2.75) is 13.8 Å². The Hall–Kier alpha value is -2.15. The summed E-state index contributed by atoms with van der Waals surface area (Å²) in [4.78, 5) is 13.0. The molecule has 0 radical (unpaired) electrons. The van der Waals surface area contributed by atoms with Gasteiger partial charge >= 0.3 is 143 Å². The Morgan fingerprint density at radius 2 is 1.30 bits per heavy atom. The molecular weight excluding hydrogens is 347 g/mol. The van der Waals surface area contributed by atoms with Crippen LogP contribution in [0.2, 0.25) is 0 Å². The van der Waals surface area contributed by atoms with E-state index >= 15 is 0 Å². The van der Waals surface area contributed by atoms with Gasteiger partial charge in [-0.1, -0.05) is 0 Å². The van der Waals surface area contributed by atoms with Crippen LogP contribution in [0.4, 0.5) is 0 Å². The van der Waals surface area contributed by atoms with Crippen molar-refractivity contribution in [2.75, 3.05) is 0 Å². The van der Waals surface area contributed by atoms with Gasteiger partial charge in [-0.3, -0.25) is 0 Å². The molecule has 114 valence electrons. The molecule has 1 nitrogen and oxygen atoms in total. The second-order valence-electron chi connectivity index (χ2n) is 5.51. The summed E-state index contributed by atoms with van der Waals surface area (Å²) in [7, 11) is 0. The summed E-state index contributed by atoms with van der Waals surface area (Å²) >= 11 is 0.125. The molecule has 3 rings (SSSR count). The van der Waals surface area contributed by atoms with E-state index < -0.39 is 0 Å². The monoisotopic (exact) mass is 366 g/mol. The van der Waals surface area contributed by atoms with Crippen molar-refractivity contribution >= 4 is 29.7 Å². The molecule has 0 fully saturated rings. The average molecular weight is 365 g/mol. The molecule has 3 aromatic rings. The van der Waals surface area contributed by atoms with Crippen LogP contribution in [-0.4, -0.2) is 20.7 Å². The first kappa shape index (κ1) is 15.7. The van der Waals surface area contributed by atoms with Crippen LogP contribution in [0.15, 0.2) is 72.8 Å². The summed E-state index contributed by atoms with van der Waals surface area (Å²) in [6, 6.07) is 24.2. The Morgan fingerprint density at radius 1 is 0.696 bits per heavy atom. The number of ketones is 1. The molecule has 0 saturated heterocycles. The van der Waals surface area contributed by atoms with Crippen LogP contribution in [0.3, 0.4) is 0 Å². The van der Waals surface area contributed by atoms with E-state index in [2.05, 4.69) is 37.3 Å². The number of carbonyl (C=O) groups is 1. The molecule has 0 aliphatic carbocycles. The Labute approximate surface area is 143 Å². The molecule has 0 aromatic heterocycles. The van der Waals surface area contributed by atoms with E-state index in [0.717, 1.165) is 16.7 Å². The zero-order valence-corrected chi connectivity index (χ0v) is 15.0. The van der Waals surface area contributed by atoms with Gasteiger partial charge in [0.1, 0.15) is 0 Å². The predicted octanol–water partition coefficient (Wildman–Crippen LogP) is 3.19. The fraction of sp³-hybridized carbons (Fsp3) is 0.0952. The molecule has 2 heteroatoms. The van der Waals surface area contributed by atoms with Gasteiger partial charge < -0.3 is 0 Å². The van der Waals surface area contributed by atoms with E-state index in [-0.39, 0.29) is 20.7 Å². The maximum atomic E-state index is 13.0. The third-order valence-electron chi connectivity index (χ3n) is 3.81. The van der Waals surface area contributed by atoms with E-state index in [1.165, 1.54) is 14.5 Å². The normalized spacial score (nSPS) is 10.5. The van der Waals surface area contributed by atoms with Gasteiger partial charge in [-0.2, -0.15) is 0 Å². The minimum absolute atomic E-state index is 0.125. The molecule has 0 aliphatic heterocycles. The molecule has 3 aromatic carbocycles. The van der Waals surface area contributed by atoms with Gasteiger partial charge in [0.25, 0.3) is 0 Å². The van der Waals surface area contributed by atoms with Crippen LogP contribution >= 0.6 is 0 Å². The van der Waals surface area contributed by atoms with Gasteiger partial charge in [0.2, 0.25) is 0 Å². The molecule has 0 amide bonds. The first-order chi connectivity index (χ1) is 11.2. The second-order valence-corrected chi connectivity index (χ2v) is 7.78. The van der Waals surface area contributed by atoms with Crippen molar-refractivity contribution in [3.05, 3.63) is 95.1 Å². The van der Waals surface area contributed by atoms with Crippen molar-refractivity contribution in [3.8, 4) is 0 Å². The summed E-state index contributed by atoms with van der Waals surface area (Å²) in [5.41, 5.74) is 3.84. The molecule has 0 saturated carbocycles. The average Bonchev–Trinajstić information content (AvgIpc) is 2.57. The van der Waals surface area contributed by atoms with Crippen molar-refractivity contribution in [1.29, 1.82) is 0 Å². The van der Waals surface area contributed by atoms with Crippen molar-refractivity contribution in [3.63, 3.8) is 0 Å². The molecule has 0 aliphatic rings. The summed E-state index contributed by atoms with van der Waals surface area (Å²) in [5, 5.41) is 0. The first-order valence-corrected chi connectivity index (χ1v) is 9.31. The van der Waals surface area contributed by atoms with Crippen LogP contribution in [0, 0.1) is 13.8 Å². The Morgan fingerprint density at radius 3 is 2.04 bits per heavy atom. The standard InChI is InChI=1S/C21H18OSe/c1-15-9-6-7-13-18(15)20(22)19-14-8-10-16(2)21(19)23-17-11-4-3-5-12-17/h3-14H,1-2H3. The quantitative estimate of drug-likeness (QED) is 0.513. The fourth-order valence-electron chi connectivity index (χ4n) is 2.55. The zero-order chi connectivity index (χ0) is 16.2. The molecule has 23 heavy (non-hydrogen) atoms. The number of aryl methyl sites for hydroxylation is 2. The number of hydrogen-bond donors (Lipinski definition) is 0. The van der Waals surface area contributed by atoms with Gasteiger partial charge in [0, 0.05) is 0 Å². The van der Waals surface area contributed by atoms with E-state index in [9.17, 15) is 4.79 Å². The van der Waals surface area contributed by atoms with Crippen LogP contribution in [0.5, 0.6) is 0 Å². The molecule has 0 heterocycles. The third-order valence-corrected chi connectivity index (χ3v) is 6.44. The summed E-state index contributed by atoms with van der Waals surface area (Å²) in [6.07, 6.45) is 0. The van der Waals surface area contributed by atoms with Gasteiger partial charge in [0.05, 0.1) is 0 Å². The number of rotatable bonds is 4. The third kappa shape index (κ3) is 3.44. The summed E-state index contributed by atoms with van der Waals surface area (Å²) in [5.74, 6) is 0.125.